The highest BCUT2D eigenvalue weighted by molar-refractivity contribution is 4.91. The molecule has 0 spiro atoms. The molecular formula is C24H44O7. The number of aliphatic hydroxyl groups excluding tert-OH is 3. The maximum absolute atomic E-state index is 10.00. The van der Waals surface area contributed by atoms with E-state index in [2.05, 4.69) is 13.8 Å². The molecule has 7 nitrogen and oxygen atoms in total. The number of hydrogen-bond acceptors (Lipinski definition) is 7. The smallest absolute Gasteiger partial charge is 0.104 e. The van der Waals surface area contributed by atoms with Crippen LogP contribution < -0.4 is 0 Å². The first-order valence-electron chi connectivity index (χ1n) is 12.3. The van der Waals surface area contributed by atoms with Gasteiger partial charge in [0.05, 0.1) is 51.8 Å². The number of aliphatic hydroxyl groups is 3. The Kier molecular flexibility index (Phi) is 10.0. The van der Waals surface area contributed by atoms with Gasteiger partial charge in [-0.25, -0.2) is 0 Å². The summed E-state index contributed by atoms with van der Waals surface area (Å²) in [6.07, 6.45) is 8.72. The third kappa shape index (κ3) is 8.22. The highest BCUT2D eigenvalue weighted by atomic mass is 16.6. The van der Waals surface area contributed by atoms with Crippen molar-refractivity contribution in [3.05, 3.63) is 0 Å². The third-order valence-electron chi connectivity index (χ3n) is 7.73. The molecule has 0 bridgehead atoms. The normalized spacial score (nSPS) is 33.8. The number of hydrogen-bond donors (Lipinski definition) is 3. The fraction of sp³-hybridized carbons (Fsp3) is 1.00. The molecule has 0 aromatic carbocycles. The summed E-state index contributed by atoms with van der Waals surface area (Å²) in [5.74, 6) is 1.49. The molecule has 3 N–H and O–H groups in total. The van der Waals surface area contributed by atoms with Crippen molar-refractivity contribution in [2.45, 2.75) is 95.7 Å². The molecule has 182 valence electrons. The minimum atomic E-state index is -0.897. The van der Waals surface area contributed by atoms with Gasteiger partial charge in [-0.3, -0.25) is 0 Å². The average molecular weight is 445 g/mol. The Bertz CT molecular complexity index is 494. The van der Waals surface area contributed by atoms with Crippen molar-refractivity contribution < 1.29 is 34.3 Å². The summed E-state index contributed by atoms with van der Waals surface area (Å²) in [6, 6.07) is 0. The quantitative estimate of drug-likeness (QED) is 0.375. The zero-order chi connectivity index (χ0) is 22.3. The predicted molar refractivity (Wildman–Crippen MR) is 117 cm³/mol. The van der Waals surface area contributed by atoms with Crippen molar-refractivity contribution in [3.63, 3.8) is 0 Å². The summed E-state index contributed by atoms with van der Waals surface area (Å²) in [4.78, 5) is 0. The lowest BCUT2D eigenvalue weighted by Crippen LogP contribution is -2.39. The van der Waals surface area contributed by atoms with Gasteiger partial charge in [-0.2, -0.15) is 0 Å². The molecule has 3 aliphatic rings. The lowest BCUT2D eigenvalue weighted by molar-refractivity contribution is -0.0773. The molecule has 7 heteroatoms. The first-order valence-corrected chi connectivity index (χ1v) is 12.3. The summed E-state index contributed by atoms with van der Waals surface area (Å²) < 4.78 is 22.4. The molecular weight excluding hydrogens is 400 g/mol. The van der Waals surface area contributed by atoms with Crippen molar-refractivity contribution in [2.24, 2.45) is 17.3 Å². The lowest BCUT2D eigenvalue weighted by Gasteiger charge is -2.46. The Morgan fingerprint density at radius 3 is 1.84 bits per heavy atom. The molecule has 3 rings (SSSR count). The highest BCUT2D eigenvalue weighted by Gasteiger charge is 2.41. The van der Waals surface area contributed by atoms with Crippen LogP contribution in [-0.4, -0.2) is 85.5 Å². The maximum Gasteiger partial charge on any atom is 0.104 e. The molecule has 1 saturated heterocycles. The van der Waals surface area contributed by atoms with Crippen molar-refractivity contribution >= 4 is 0 Å². The second-order valence-electron chi connectivity index (χ2n) is 10.4. The Morgan fingerprint density at radius 2 is 1.32 bits per heavy atom. The first-order chi connectivity index (χ1) is 14.9. The van der Waals surface area contributed by atoms with Gasteiger partial charge >= 0.3 is 0 Å². The summed E-state index contributed by atoms with van der Waals surface area (Å²) in [5.41, 5.74) is 0.344. The molecule has 31 heavy (non-hydrogen) atoms. The molecule has 3 atom stereocenters. The first kappa shape index (κ1) is 25.3. The van der Waals surface area contributed by atoms with E-state index in [-0.39, 0.29) is 32.5 Å². The number of ether oxygens (including phenoxy) is 4. The Hall–Kier alpha value is -0.280. The summed E-state index contributed by atoms with van der Waals surface area (Å²) in [7, 11) is 0. The topological polar surface area (TPSA) is 101 Å². The average Bonchev–Trinajstić information content (AvgIpc) is 3.61. The Balaban J connectivity index is 1.30. The van der Waals surface area contributed by atoms with Crippen molar-refractivity contribution in [1.29, 1.82) is 0 Å². The van der Waals surface area contributed by atoms with E-state index in [9.17, 15) is 10.2 Å². The van der Waals surface area contributed by atoms with E-state index in [1.54, 1.807) is 0 Å². The van der Waals surface area contributed by atoms with Gasteiger partial charge in [-0.1, -0.05) is 13.8 Å². The zero-order valence-corrected chi connectivity index (χ0v) is 19.4. The van der Waals surface area contributed by atoms with Gasteiger partial charge in [0.2, 0.25) is 0 Å². The van der Waals surface area contributed by atoms with Gasteiger partial charge in [0.25, 0.3) is 0 Å². The van der Waals surface area contributed by atoms with Crippen LogP contribution >= 0.6 is 0 Å². The lowest BCUT2D eigenvalue weighted by atomic mass is 9.60. The number of rotatable bonds is 13. The van der Waals surface area contributed by atoms with Crippen LogP contribution in [0.5, 0.6) is 0 Å². The van der Waals surface area contributed by atoms with Crippen molar-refractivity contribution in [2.75, 3.05) is 39.6 Å². The molecule has 0 amide bonds. The van der Waals surface area contributed by atoms with Gasteiger partial charge in [-0.15, -0.1) is 0 Å². The summed E-state index contributed by atoms with van der Waals surface area (Å²) in [5, 5.41) is 28.0. The van der Waals surface area contributed by atoms with Gasteiger partial charge in [-0.05, 0) is 68.6 Å². The van der Waals surface area contributed by atoms with Crippen LogP contribution in [0.15, 0.2) is 0 Å². The van der Waals surface area contributed by atoms with Crippen LogP contribution in [0.3, 0.4) is 0 Å². The van der Waals surface area contributed by atoms with Crippen LogP contribution in [0, 0.1) is 17.3 Å². The largest absolute Gasteiger partial charge is 0.394 e. The van der Waals surface area contributed by atoms with Crippen LogP contribution in [0.25, 0.3) is 0 Å². The molecule has 1 heterocycles. The number of epoxide rings is 1. The van der Waals surface area contributed by atoms with Gasteiger partial charge in [0, 0.05) is 0 Å². The van der Waals surface area contributed by atoms with Crippen LogP contribution in [0.1, 0.15) is 65.2 Å². The van der Waals surface area contributed by atoms with E-state index in [1.165, 1.54) is 38.5 Å². The molecule has 0 aromatic rings. The monoisotopic (exact) mass is 444 g/mol. The molecule has 3 unspecified atom stereocenters. The Labute approximate surface area is 187 Å². The van der Waals surface area contributed by atoms with Crippen molar-refractivity contribution in [1.82, 2.24) is 0 Å². The van der Waals surface area contributed by atoms with E-state index in [0.29, 0.717) is 17.6 Å². The third-order valence-corrected chi connectivity index (χ3v) is 7.73. The summed E-state index contributed by atoms with van der Waals surface area (Å²) in [6.45, 7) is 6.62. The van der Waals surface area contributed by atoms with Gasteiger partial charge in [0.1, 0.15) is 18.3 Å². The highest BCUT2D eigenvalue weighted by Crippen LogP contribution is 2.48. The fourth-order valence-corrected chi connectivity index (χ4v) is 5.38. The van der Waals surface area contributed by atoms with Crippen LogP contribution in [0.2, 0.25) is 0 Å². The SMILES string of the molecule is CC(C)(C1CCC(OCC(O)COCC(O)CO)CC1)C1CCC(OCC2CO2)CC1. The second-order valence-corrected chi connectivity index (χ2v) is 10.4. The van der Waals surface area contributed by atoms with Crippen LogP contribution in [-0.2, 0) is 18.9 Å². The van der Waals surface area contributed by atoms with E-state index in [1.807, 2.05) is 0 Å². The molecule has 0 aromatic heterocycles. The maximum atomic E-state index is 10.00. The van der Waals surface area contributed by atoms with Crippen molar-refractivity contribution in [3.8, 4) is 0 Å². The van der Waals surface area contributed by atoms with E-state index in [0.717, 1.165) is 37.9 Å². The fourth-order valence-electron chi connectivity index (χ4n) is 5.38. The molecule has 2 aliphatic carbocycles. The minimum Gasteiger partial charge on any atom is -0.394 e. The van der Waals surface area contributed by atoms with E-state index < -0.39 is 12.2 Å². The second kappa shape index (κ2) is 12.3. The standard InChI is InChI=1S/C24H44O7/c1-24(2,18-5-9-22(10-6-18)30-15-23-16-31-23)17-3-7-21(8-4-17)29-14-20(27)13-28-12-19(26)11-25/h17-23,25-27H,3-16H2,1-2H3. The van der Waals surface area contributed by atoms with E-state index in [4.69, 9.17) is 24.1 Å². The molecule has 1 aliphatic heterocycles. The molecule has 0 radical (unpaired) electrons. The van der Waals surface area contributed by atoms with Gasteiger partial charge in [0.15, 0.2) is 0 Å². The Morgan fingerprint density at radius 1 is 0.806 bits per heavy atom. The molecule has 3 fully saturated rings. The minimum absolute atomic E-state index is 0.0245. The summed E-state index contributed by atoms with van der Waals surface area (Å²) >= 11 is 0. The predicted octanol–water partition coefficient (Wildman–Crippen LogP) is 2.29. The van der Waals surface area contributed by atoms with Gasteiger partial charge < -0.3 is 34.3 Å². The van der Waals surface area contributed by atoms with E-state index >= 15 is 0 Å². The molecule has 2 saturated carbocycles. The van der Waals surface area contributed by atoms with Crippen LogP contribution in [0.4, 0.5) is 0 Å². The zero-order valence-electron chi connectivity index (χ0n) is 19.4.